The van der Waals surface area contributed by atoms with Crippen molar-refractivity contribution in [3.63, 3.8) is 0 Å². The number of benzene rings is 1. The van der Waals surface area contributed by atoms with Gasteiger partial charge < -0.3 is 10.1 Å². The zero-order valence-corrected chi connectivity index (χ0v) is 10.3. The van der Waals surface area contributed by atoms with Crippen LogP contribution in [0.3, 0.4) is 0 Å². The van der Waals surface area contributed by atoms with Crippen molar-refractivity contribution in [2.75, 3.05) is 12.4 Å². The van der Waals surface area contributed by atoms with Gasteiger partial charge in [-0.15, -0.1) is 0 Å². The van der Waals surface area contributed by atoms with Crippen LogP contribution >= 0.6 is 0 Å². The summed E-state index contributed by atoms with van der Waals surface area (Å²) in [6.45, 7) is 3.20. The number of carbonyl (C=O) groups is 1. The molecule has 0 saturated heterocycles. The molecule has 2 atom stereocenters. The van der Waals surface area contributed by atoms with Crippen LogP contribution in [-0.2, 0) is 9.53 Å². The van der Waals surface area contributed by atoms with Crippen LogP contribution in [0, 0.1) is 23.4 Å². The summed E-state index contributed by atoms with van der Waals surface area (Å²) in [4.78, 5) is 11.3. The van der Waals surface area contributed by atoms with Crippen molar-refractivity contribution in [2.24, 2.45) is 5.92 Å². The first-order valence-electron chi connectivity index (χ1n) is 5.35. The van der Waals surface area contributed by atoms with E-state index in [1.165, 1.54) is 7.11 Å². The SMILES string of the molecule is COC(=O)C(C)C(C)Nc1cc(F)c(F)cc1F. The van der Waals surface area contributed by atoms with Crippen molar-refractivity contribution < 1.29 is 22.7 Å². The number of ether oxygens (including phenoxy) is 1. The Morgan fingerprint density at radius 2 is 1.72 bits per heavy atom. The lowest BCUT2D eigenvalue weighted by molar-refractivity contribution is -0.145. The molecule has 1 aromatic carbocycles. The van der Waals surface area contributed by atoms with Crippen molar-refractivity contribution in [1.82, 2.24) is 0 Å². The Labute approximate surface area is 103 Å². The number of nitrogens with one attached hydrogen (secondary N) is 1. The lowest BCUT2D eigenvalue weighted by Crippen LogP contribution is -2.31. The van der Waals surface area contributed by atoms with E-state index in [0.29, 0.717) is 12.1 Å². The van der Waals surface area contributed by atoms with E-state index in [0.717, 1.165) is 0 Å². The largest absolute Gasteiger partial charge is 0.469 e. The Hall–Kier alpha value is -1.72. The minimum absolute atomic E-state index is 0.197. The summed E-state index contributed by atoms with van der Waals surface area (Å²) in [5.41, 5.74) is -0.197. The molecule has 0 amide bonds. The molecule has 0 spiro atoms. The van der Waals surface area contributed by atoms with Crippen LogP contribution in [0.25, 0.3) is 0 Å². The third-order valence-corrected chi connectivity index (χ3v) is 2.72. The molecule has 0 aliphatic heterocycles. The first-order chi connectivity index (χ1) is 8.36. The Bertz CT molecular complexity index is 451. The van der Waals surface area contributed by atoms with Crippen molar-refractivity contribution in [1.29, 1.82) is 0 Å². The molecule has 2 unspecified atom stereocenters. The smallest absolute Gasteiger partial charge is 0.310 e. The van der Waals surface area contributed by atoms with Gasteiger partial charge in [-0.05, 0) is 13.8 Å². The Morgan fingerprint density at radius 3 is 2.28 bits per heavy atom. The second-order valence-corrected chi connectivity index (χ2v) is 3.99. The molecule has 18 heavy (non-hydrogen) atoms. The monoisotopic (exact) mass is 261 g/mol. The van der Waals surface area contributed by atoms with Crippen LogP contribution in [0.4, 0.5) is 18.9 Å². The highest BCUT2D eigenvalue weighted by Gasteiger charge is 2.22. The number of hydrogen-bond donors (Lipinski definition) is 1. The molecule has 0 aliphatic rings. The van der Waals surface area contributed by atoms with E-state index in [4.69, 9.17) is 0 Å². The summed E-state index contributed by atoms with van der Waals surface area (Å²) in [5, 5.41) is 2.61. The molecule has 0 fully saturated rings. The molecule has 0 bridgehead atoms. The van der Waals surface area contributed by atoms with Crippen LogP contribution in [0.2, 0.25) is 0 Å². The van der Waals surface area contributed by atoms with Crippen LogP contribution in [-0.4, -0.2) is 19.1 Å². The van der Waals surface area contributed by atoms with Crippen LogP contribution in [0.5, 0.6) is 0 Å². The second kappa shape index (κ2) is 5.75. The summed E-state index contributed by atoms with van der Waals surface area (Å²) < 4.78 is 43.6. The van der Waals surface area contributed by atoms with E-state index in [2.05, 4.69) is 10.1 Å². The lowest BCUT2D eigenvalue weighted by Gasteiger charge is -2.20. The minimum Gasteiger partial charge on any atom is -0.469 e. The quantitative estimate of drug-likeness (QED) is 0.669. The van der Waals surface area contributed by atoms with Gasteiger partial charge in [0.1, 0.15) is 5.82 Å². The fourth-order valence-corrected chi connectivity index (χ4v) is 1.39. The van der Waals surface area contributed by atoms with Gasteiger partial charge >= 0.3 is 5.97 Å². The number of esters is 1. The lowest BCUT2D eigenvalue weighted by atomic mass is 10.0. The van der Waals surface area contributed by atoms with E-state index in [-0.39, 0.29) is 5.69 Å². The zero-order chi connectivity index (χ0) is 13.9. The summed E-state index contributed by atoms with van der Waals surface area (Å²) in [5.74, 6) is -4.36. The number of halogens is 3. The van der Waals surface area contributed by atoms with Gasteiger partial charge in [0.2, 0.25) is 0 Å². The van der Waals surface area contributed by atoms with E-state index < -0.39 is 35.4 Å². The topological polar surface area (TPSA) is 38.3 Å². The van der Waals surface area contributed by atoms with Gasteiger partial charge in [0.15, 0.2) is 11.6 Å². The first kappa shape index (κ1) is 14.3. The average molecular weight is 261 g/mol. The predicted molar refractivity (Wildman–Crippen MR) is 60.6 cm³/mol. The fourth-order valence-electron chi connectivity index (χ4n) is 1.39. The highest BCUT2D eigenvalue weighted by molar-refractivity contribution is 5.73. The van der Waals surface area contributed by atoms with E-state index in [9.17, 15) is 18.0 Å². The number of carbonyl (C=O) groups excluding carboxylic acids is 1. The minimum atomic E-state index is -1.26. The molecule has 1 aromatic rings. The summed E-state index contributed by atoms with van der Waals surface area (Å²) in [6.07, 6.45) is 0. The maximum absolute atomic E-state index is 13.4. The van der Waals surface area contributed by atoms with Gasteiger partial charge in [-0.2, -0.15) is 0 Å². The average Bonchev–Trinajstić information content (AvgIpc) is 2.33. The molecule has 3 nitrogen and oxygen atoms in total. The van der Waals surface area contributed by atoms with Crippen molar-refractivity contribution in [2.45, 2.75) is 19.9 Å². The van der Waals surface area contributed by atoms with Crippen molar-refractivity contribution >= 4 is 11.7 Å². The van der Waals surface area contributed by atoms with Crippen molar-refractivity contribution in [3.8, 4) is 0 Å². The second-order valence-electron chi connectivity index (χ2n) is 3.99. The molecule has 0 radical (unpaired) electrons. The molecule has 100 valence electrons. The summed E-state index contributed by atoms with van der Waals surface area (Å²) >= 11 is 0. The zero-order valence-electron chi connectivity index (χ0n) is 10.3. The Morgan fingerprint density at radius 1 is 1.17 bits per heavy atom. The number of anilines is 1. The molecule has 0 saturated carbocycles. The highest BCUT2D eigenvalue weighted by atomic mass is 19.2. The highest BCUT2D eigenvalue weighted by Crippen LogP contribution is 2.21. The molecule has 6 heteroatoms. The Kier molecular flexibility index (Phi) is 4.58. The van der Waals surface area contributed by atoms with Gasteiger partial charge in [-0.3, -0.25) is 4.79 Å². The normalized spacial score (nSPS) is 13.9. The third-order valence-electron chi connectivity index (χ3n) is 2.72. The van der Waals surface area contributed by atoms with E-state index in [1.807, 2.05) is 0 Å². The molecule has 0 heterocycles. The molecule has 0 aliphatic carbocycles. The van der Waals surface area contributed by atoms with Crippen LogP contribution in [0.15, 0.2) is 12.1 Å². The summed E-state index contributed by atoms with van der Waals surface area (Å²) in [7, 11) is 1.24. The van der Waals surface area contributed by atoms with E-state index >= 15 is 0 Å². The van der Waals surface area contributed by atoms with Gasteiger partial charge in [0.05, 0.1) is 18.7 Å². The fraction of sp³-hybridized carbons (Fsp3) is 0.417. The maximum Gasteiger partial charge on any atom is 0.310 e. The molecular formula is C12H14F3NO2. The number of rotatable bonds is 4. The number of methoxy groups -OCH3 is 1. The van der Waals surface area contributed by atoms with Gasteiger partial charge in [-0.1, -0.05) is 0 Å². The van der Waals surface area contributed by atoms with Gasteiger partial charge in [-0.25, -0.2) is 13.2 Å². The molecule has 0 aromatic heterocycles. The maximum atomic E-state index is 13.4. The number of hydrogen-bond acceptors (Lipinski definition) is 3. The van der Waals surface area contributed by atoms with Crippen LogP contribution in [0.1, 0.15) is 13.8 Å². The molecule has 1 rings (SSSR count). The molecular weight excluding hydrogens is 247 g/mol. The Balaban J connectivity index is 2.85. The van der Waals surface area contributed by atoms with Gasteiger partial charge in [0.25, 0.3) is 0 Å². The van der Waals surface area contributed by atoms with Crippen molar-refractivity contribution in [3.05, 3.63) is 29.6 Å². The van der Waals surface area contributed by atoms with Gasteiger partial charge in [0, 0.05) is 18.2 Å². The summed E-state index contributed by atoms with van der Waals surface area (Å²) in [6, 6.07) is 0.676. The third kappa shape index (κ3) is 3.15. The van der Waals surface area contributed by atoms with E-state index in [1.54, 1.807) is 13.8 Å². The molecule has 1 N–H and O–H groups in total. The predicted octanol–water partition coefficient (Wildman–Crippen LogP) is 2.71. The first-order valence-corrected chi connectivity index (χ1v) is 5.35. The van der Waals surface area contributed by atoms with Crippen LogP contribution < -0.4 is 5.32 Å². The standard InChI is InChI=1S/C12H14F3NO2/c1-6(12(17)18-3)7(2)16-11-5-9(14)8(13)4-10(11)15/h4-7,16H,1-3H3.